The molecule has 0 unspecified atom stereocenters. The van der Waals surface area contributed by atoms with Gasteiger partial charge in [0.25, 0.3) is 5.91 Å². The van der Waals surface area contributed by atoms with Crippen molar-refractivity contribution < 1.29 is 13.6 Å². The van der Waals surface area contributed by atoms with E-state index in [1.165, 1.54) is 0 Å². The zero-order chi connectivity index (χ0) is 19.7. The third kappa shape index (κ3) is 2.48. The Labute approximate surface area is 162 Å². The summed E-state index contributed by atoms with van der Waals surface area (Å²) < 4.78 is 28.6. The first-order valence-electron chi connectivity index (χ1n) is 9.79. The van der Waals surface area contributed by atoms with Gasteiger partial charge in [-0.1, -0.05) is 30.3 Å². The lowest BCUT2D eigenvalue weighted by Crippen LogP contribution is -2.39. The molecule has 0 bridgehead atoms. The molecular formula is C21H24F2N4O. The summed E-state index contributed by atoms with van der Waals surface area (Å²) in [5, 5.41) is 7.95. The minimum atomic E-state index is -2.36. The number of piperidine rings is 1. The maximum Gasteiger partial charge on any atom is 0.259 e. The number of aromatic nitrogens is 2. The van der Waals surface area contributed by atoms with E-state index < -0.39 is 11.8 Å². The van der Waals surface area contributed by atoms with E-state index in [9.17, 15) is 13.6 Å². The van der Waals surface area contributed by atoms with Gasteiger partial charge in [-0.3, -0.25) is 4.79 Å². The molecule has 1 amide bonds. The summed E-state index contributed by atoms with van der Waals surface area (Å²) in [4.78, 5) is 14.7. The van der Waals surface area contributed by atoms with E-state index in [1.807, 2.05) is 22.9 Å². The molecule has 0 radical (unpaired) electrons. The molecular weight excluding hydrogens is 362 g/mol. The SMILES string of the molecule is CC1(C)C[C@H](c2ccccc2)Nc2c(C(=O)N3C[C@@H]4C[C@]4(C(F)F)C3)cnn21. The minimum absolute atomic E-state index is 0.0614. The molecule has 2 fully saturated rings. The molecule has 1 aromatic heterocycles. The number of amides is 1. The monoisotopic (exact) mass is 386 g/mol. The fraction of sp³-hybridized carbons (Fsp3) is 0.524. The lowest BCUT2D eigenvalue weighted by Gasteiger charge is -2.38. The van der Waals surface area contributed by atoms with Crippen molar-refractivity contribution in [2.24, 2.45) is 11.3 Å². The van der Waals surface area contributed by atoms with Crippen LogP contribution in [0, 0.1) is 11.3 Å². The number of fused-ring (bicyclic) bond motifs is 2. The summed E-state index contributed by atoms with van der Waals surface area (Å²) in [6, 6.07) is 10.2. The molecule has 2 aliphatic heterocycles. The van der Waals surface area contributed by atoms with Crippen molar-refractivity contribution in [1.29, 1.82) is 0 Å². The van der Waals surface area contributed by atoms with Crippen molar-refractivity contribution in [3.63, 3.8) is 0 Å². The second-order valence-corrected chi connectivity index (χ2v) is 9.06. The van der Waals surface area contributed by atoms with Crippen LogP contribution in [0.4, 0.5) is 14.6 Å². The number of hydrogen-bond acceptors (Lipinski definition) is 3. The summed E-state index contributed by atoms with van der Waals surface area (Å²) in [5.41, 5.74) is 0.388. The summed E-state index contributed by atoms with van der Waals surface area (Å²) >= 11 is 0. The standard InChI is InChI=1S/C21H24F2N4O/c1-20(2)9-16(13-6-4-3-5-7-13)25-17-15(10-24-27(17)20)18(28)26-11-14-8-21(14,12-26)19(22)23/h3-7,10,14,16,19,25H,8-9,11-12H2,1-2H3/t14-,16+,21-/m0/s1. The van der Waals surface area contributed by atoms with Gasteiger partial charge in [0.2, 0.25) is 6.43 Å². The van der Waals surface area contributed by atoms with Gasteiger partial charge in [0.05, 0.1) is 23.2 Å². The summed E-state index contributed by atoms with van der Waals surface area (Å²) in [7, 11) is 0. The Morgan fingerprint density at radius 3 is 2.68 bits per heavy atom. The Balaban J connectivity index is 1.45. The number of nitrogens with zero attached hydrogens (tertiary/aromatic N) is 3. The zero-order valence-corrected chi connectivity index (χ0v) is 16.0. The topological polar surface area (TPSA) is 50.2 Å². The number of alkyl halides is 2. The molecule has 28 heavy (non-hydrogen) atoms. The maximum atomic E-state index is 13.4. The van der Waals surface area contributed by atoms with Crippen molar-refractivity contribution in [1.82, 2.24) is 14.7 Å². The van der Waals surface area contributed by atoms with E-state index in [1.54, 1.807) is 11.1 Å². The van der Waals surface area contributed by atoms with Crippen LogP contribution in [0.25, 0.3) is 0 Å². The van der Waals surface area contributed by atoms with Crippen molar-refractivity contribution in [2.75, 3.05) is 18.4 Å². The Kier molecular flexibility index (Phi) is 3.64. The number of carbonyl (C=O) groups is 1. The van der Waals surface area contributed by atoms with Crippen molar-refractivity contribution in [3.8, 4) is 0 Å². The van der Waals surface area contributed by atoms with Crippen LogP contribution in [-0.4, -0.2) is 40.1 Å². The fourth-order valence-corrected chi connectivity index (χ4v) is 4.98. The number of nitrogens with one attached hydrogen (secondary N) is 1. The number of benzene rings is 1. The molecule has 3 heterocycles. The van der Waals surface area contributed by atoms with Crippen LogP contribution in [0.2, 0.25) is 0 Å². The predicted octanol–water partition coefficient (Wildman–Crippen LogP) is 3.90. The van der Waals surface area contributed by atoms with E-state index in [-0.39, 0.29) is 30.0 Å². The summed E-state index contributed by atoms with van der Waals surface area (Å²) in [5.74, 6) is 0.413. The lowest BCUT2D eigenvalue weighted by molar-refractivity contribution is 0.0488. The normalized spacial score (nSPS) is 30.0. The van der Waals surface area contributed by atoms with Gasteiger partial charge in [0, 0.05) is 13.1 Å². The molecule has 1 saturated carbocycles. The van der Waals surface area contributed by atoms with Crippen LogP contribution in [-0.2, 0) is 5.54 Å². The van der Waals surface area contributed by atoms with Gasteiger partial charge in [-0.15, -0.1) is 0 Å². The highest BCUT2D eigenvalue weighted by Gasteiger charge is 2.66. The second-order valence-electron chi connectivity index (χ2n) is 9.06. The molecule has 2 aromatic rings. The smallest absolute Gasteiger partial charge is 0.259 e. The molecule has 7 heteroatoms. The third-order valence-corrected chi connectivity index (χ3v) is 6.72. The van der Waals surface area contributed by atoms with Crippen molar-refractivity contribution in [2.45, 2.75) is 44.7 Å². The number of hydrogen-bond donors (Lipinski definition) is 1. The summed E-state index contributed by atoms with van der Waals surface area (Å²) in [6.07, 6.45) is 0.580. The van der Waals surface area contributed by atoms with Gasteiger partial charge in [0.1, 0.15) is 11.4 Å². The highest BCUT2D eigenvalue weighted by atomic mass is 19.3. The van der Waals surface area contributed by atoms with Crippen LogP contribution in [0.1, 0.15) is 48.7 Å². The number of halogens is 2. The van der Waals surface area contributed by atoms with Crippen LogP contribution in [0.5, 0.6) is 0 Å². The average molecular weight is 386 g/mol. The first kappa shape index (κ1) is 17.6. The van der Waals surface area contributed by atoms with Crippen LogP contribution >= 0.6 is 0 Å². The van der Waals surface area contributed by atoms with E-state index in [0.717, 1.165) is 12.0 Å². The van der Waals surface area contributed by atoms with E-state index in [2.05, 4.69) is 36.4 Å². The molecule has 1 aliphatic carbocycles. The van der Waals surface area contributed by atoms with Gasteiger partial charge in [-0.05, 0) is 38.2 Å². The number of likely N-dealkylation sites (tertiary alicyclic amines) is 1. The molecule has 148 valence electrons. The molecule has 0 spiro atoms. The molecule has 1 saturated heterocycles. The zero-order valence-electron chi connectivity index (χ0n) is 16.0. The van der Waals surface area contributed by atoms with Gasteiger partial charge in [0.15, 0.2) is 0 Å². The first-order valence-corrected chi connectivity index (χ1v) is 9.79. The predicted molar refractivity (Wildman–Crippen MR) is 101 cm³/mol. The van der Waals surface area contributed by atoms with Gasteiger partial charge < -0.3 is 10.2 Å². The Bertz CT molecular complexity index is 926. The van der Waals surface area contributed by atoms with Crippen LogP contribution in [0.3, 0.4) is 0 Å². The molecule has 3 atom stereocenters. The third-order valence-electron chi connectivity index (χ3n) is 6.72. The van der Waals surface area contributed by atoms with Gasteiger partial charge >= 0.3 is 0 Å². The van der Waals surface area contributed by atoms with Gasteiger partial charge in [-0.2, -0.15) is 5.10 Å². The molecule has 3 aliphatic rings. The van der Waals surface area contributed by atoms with Crippen LogP contribution in [0.15, 0.2) is 36.5 Å². The van der Waals surface area contributed by atoms with E-state index in [0.29, 0.717) is 24.3 Å². The lowest BCUT2D eigenvalue weighted by atomic mass is 9.89. The number of rotatable bonds is 3. The highest BCUT2D eigenvalue weighted by molar-refractivity contribution is 5.99. The van der Waals surface area contributed by atoms with E-state index in [4.69, 9.17) is 0 Å². The van der Waals surface area contributed by atoms with Crippen molar-refractivity contribution in [3.05, 3.63) is 47.7 Å². The number of carbonyl (C=O) groups excluding carboxylic acids is 1. The van der Waals surface area contributed by atoms with Crippen LogP contribution < -0.4 is 5.32 Å². The largest absolute Gasteiger partial charge is 0.363 e. The maximum absolute atomic E-state index is 13.4. The summed E-state index contributed by atoms with van der Waals surface area (Å²) in [6.45, 7) is 4.76. The Morgan fingerprint density at radius 2 is 2.00 bits per heavy atom. The second kappa shape index (κ2) is 5.78. The molecule has 1 N–H and O–H groups in total. The molecule has 5 nitrogen and oxygen atoms in total. The average Bonchev–Trinajstić information content (AvgIpc) is 3.02. The first-order chi connectivity index (χ1) is 13.3. The number of anilines is 1. The Morgan fingerprint density at radius 1 is 1.25 bits per heavy atom. The minimum Gasteiger partial charge on any atom is -0.363 e. The Hall–Kier alpha value is -2.44. The fourth-order valence-electron chi connectivity index (χ4n) is 4.98. The molecule has 1 aromatic carbocycles. The van der Waals surface area contributed by atoms with Crippen molar-refractivity contribution >= 4 is 11.7 Å². The molecule has 5 rings (SSSR count). The quantitative estimate of drug-likeness (QED) is 0.870. The van der Waals surface area contributed by atoms with Gasteiger partial charge in [-0.25, -0.2) is 13.5 Å². The highest BCUT2D eigenvalue weighted by Crippen LogP contribution is 2.61. The van der Waals surface area contributed by atoms with E-state index >= 15 is 0 Å².